The van der Waals surface area contributed by atoms with Gasteiger partial charge in [-0.3, -0.25) is 0 Å². The largest absolute Gasteiger partial charge is 0.381 e. The van der Waals surface area contributed by atoms with Crippen LogP contribution in [0.1, 0.15) is 27.0 Å². The minimum absolute atomic E-state index is 0.137. The predicted molar refractivity (Wildman–Crippen MR) is 52.4 cm³/mol. The van der Waals surface area contributed by atoms with Gasteiger partial charge in [0.2, 0.25) is 0 Å². The number of hydrogen-bond acceptors (Lipinski definition) is 1. The standard InChI is InChI=1S/C12H18O/c1-2-11-5-9(1)6-12(11)7-10-3-4-13-8-10/h1-2,9-12H,3-8H2/i7T. The molecule has 0 amide bonds. The average Bonchev–Trinajstić information content (AvgIpc) is 2.93. The van der Waals surface area contributed by atoms with Gasteiger partial charge >= 0.3 is 0 Å². The highest BCUT2D eigenvalue weighted by molar-refractivity contribution is 5.10. The summed E-state index contributed by atoms with van der Waals surface area (Å²) in [5.74, 6) is 2.69. The van der Waals surface area contributed by atoms with Gasteiger partial charge in [0.05, 0.1) is 0 Å². The lowest BCUT2D eigenvalue weighted by molar-refractivity contribution is 0.178. The zero-order valence-electron chi connectivity index (χ0n) is 8.99. The van der Waals surface area contributed by atoms with Gasteiger partial charge < -0.3 is 4.74 Å². The molecule has 1 heterocycles. The lowest BCUT2D eigenvalue weighted by atomic mass is 9.85. The lowest BCUT2D eigenvalue weighted by Crippen LogP contribution is -2.13. The van der Waals surface area contributed by atoms with Crippen LogP contribution in [0.4, 0.5) is 0 Å². The Morgan fingerprint density at radius 2 is 2.38 bits per heavy atom. The molecule has 3 aliphatic rings. The highest BCUT2D eigenvalue weighted by atomic mass is 16.5. The van der Waals surface area contributed by atoms with Crippen LogP contribution in [-0.4, -0.2) is 13.2 Å². The van der Waals surface area contributed by atoms with Crippen molar-refractivity contribution in [1.82, 2.24) is 0 Å². The van der Waals surface area contributed by atoms with Crippen LogP contribution >= 0.6 is 0 Å². The first-order valence-corrected chi connectivity index (χ1v) is 5.53. The maximum Gasteiger partial charge on any atom is 0.0495 e. The van der Waals surface area contributed by atoms with Gasteiger partial charge in [-0.25, -0.2) is 0 Å². The molecule has 0 radical (unpaired) electrons. The second kappa shape index (κ2) is 3.13. The Kier molecular flexibility index (Phi) is 1.70. The number of rotatable bonds is 2. The van der Waals surface area contributed by atoms with Gasteiger partial charge in [0.15, 0.2) is 0 Å². The average molecular weight is 180 g/mol. The normalized spacial score (nSPS) is 51.2. The van der Waals surface area contributed by atoms with Gasteiger partial charge in [0.1, 0.15) is 0 Å². The molecule has 0 aromatic rings. The third-order valence-corrected chi connectivity index (χ3v) is 3.81. The molecule has 0 aromatic carbocycles. The number of ether oxygens (including phenoxy) is 1. The Labute approximate surface area is 81.6 Å². The first kappa shape index (κ1) is 7.05. The van der Waals surface area contributed by atoms with Gasteiger partial charge in [-0.1, -0.05) is 12.2 Å². The summed E-state index contributed by atoms with van der Waals surface area (Å²) in [4.78, 5) is 0. The molecule has 5 atom stereocenters. The highest BCUT2D eigenvalue weighted by Crippen LogP contribution is 2.46. The number of fused-ring (bicyclic) bond motifs is 2. The Hall–Kier alpha value is -0.300. The van der Waals surface area contributed by atoms with E-state index in [9.17, 15) is 0 Å². The van der Waals surface area contributed by atoms with Crippen LogP contribution in [0.25, 0.3) is 0 Å². The Morgan fingerprint density at radius 1 is 1.38 bits per heavy atom. The second-order valence-corrected chi connectivity index (χ2v) is 4.76. The number of allylic oxidation sites excluding steroid dienone is 2. The van der Waals surface area contributed by atoms with Crippen LogP contribution in [0, 0.1) is 23.7 Å². The van der Waals surface area contributed by atoms with Crippen LogP contribution in [0.2, 0.25) is 0 Å². The van der Waals surface area contributed by atoms with Crippen molar-refractivity contribution in [2.75, 3.05) is 13.2 Å². The maximum absolute atomic E-state index is 8.31. The molecule has 0 spiro atoms. The summed E-state index contributed by atoms with van der Waals surface area (Å²) in [6.45, 7) is 1.72. The summed E-state index contributed by atoms with van der Waals surface area (Å²) in [6.07, 6.45) is 8.57. The third kappa shape index (κ3) is 1.43. The Morgan fingerprint density at radius 3 is 3.00 bits per heavy atom. The van der Waals surface area contributed by atoms with E-state index in [0.717, 1.165) is 31.5 Å². The third-order valence-electron chi connectivity index (χ3n) is 3.81. The molecule has 2 fully saturated rings. The molecule has 5 unspecified atom stereocenters. The topological polar surface area (TPSA) is 9.23 Å². The van der Waals surface area contributed by atoms with Crippen molar-refractivity contribution in [3.05, 3.63) is 12.2 Å². The van der Waals surface area contributed by atoms with Crippen LogP contribution in [0.5, 0.6) is 0 Å². The minimum atomic E-state index is 0.137. The van der Waals surface area contributed by atoms with Crippen LogP contribution < -0.4 is 0 Å². The van der Waals surface area contributed by atoms with Crippen molar-refractivity contribution in [3.63, 3.8) is 0 Å². The molecule has 13 heavy (non-hydrogen) atoms. The van der Waals surface area contributed by atoms with Crippen molar-refractivity contribution < 1.29 is 6.11 Å². The molecule has 1 nitrogen and oxygen atoms in total. The second-order valence-electron chi connectivity index (χ2n) is 4.76. The fraction of sp³-hybridized carbons (Fsp3) is 0.833. The zero-order chi connectivity index (χ0) is 9.54. The van der Waals surface area contributed by atoms with E-state index in [1.54, 1.807) is 0 Å². The molecule has 2 bridgehead atoms. The van der Waals surface area contributed by atoms with Crippen molar-refractivity contribution in [2.24, 2.45) is 23.7 Å². The quantitative estimate of drug-likeness (QED) is 0.594. The smallest absolute Gasteiger partial charge is 0.0495 e. The van der Waals surface area contributed by atoms with E-state index in [4.69, 9.17) is 6.11 Å². The van der Waals surface area contributed by atoms with Crippen molar-refractivity contribution >= 4 is 0 Å². The van der Waals surface area contributed by atoms with E-state index in [2.05, 4.69) is 12.2 Å². The fourth-order valence-electron chi connectivity index (χ4n) is 3.10. The minimum Gasteiger partial charge on any atom is -0.381 e. The van der Waals surface area contributed by atoms with Crippen molar-refractivity contribution in [1.29, 1.82) is 0 Å². The van der Waals surface area contributed by atoms with Gasteiger partial charge in [-0.05, 0) is 49.3 Å². The number of hydrogen-bond donors (Lipinski definition) is 0. The molecule has 1 saturated carbocycles. The summed E-state index contributed by atoms with van der Waals surface area (Å²) in [5, 5.41) is 0. The summed E-state index contributed by atoms with van der Waals surface area (Å²) in [6, 6.07) is 0. The van der Waals surface area contributed by atoms with Gasteiger partial charge in [0.25, 0.3) is 0 Å². The molecule has 2 aliphatic carbocycles. The van der Waals surface area contributed by atoms with E-state index in [-0.39, 0.29) is 6.40 Å². The predicted octanol–water partition coefficient (Wildman–Crippen LogP) is 2.63. The SMILES string of the molecule is [3H]C(C1CCOC1)C1CC2C=CC1C2. The van der Waals surface area contributed by atoms with Crippen molar-refractivity contribution in [2.45, 2.75) is 25.7 Å². The van der Waals surface area contributed by atoms with Crippen LogP contribution in [-0.2, 0) is 4.74 Å². The maximum atomic E-state index is 8.31. The molecule has 3 rings (SSSR count). The first-order valence-electron chi connectivity index (χ1n) is 6.10. The molecular weight excluding hydrogens is 160 g/mol. The molecule has 1 aliphatic heterocycles. The monoisotopic (exact) mass is 180 g/mol. The van der Waals surface area contributed by atoms with Crippen LogP contribution in [0.3, 0.4) is 0 Å². The molecular formula is C12H18O. The Balaban J connectivity index is 1.67. The van der Waals surface area contributed by atoms with E-state index < -0.39 is 0 Å². The Bertz CT molecular complexity index is 245. The zero-order valence-corrected chi connectivity index (χ0v) is 7.99. The molecule has 72 valence electrons. The lowest BCUT2D eigenvalue weighted by Gasteiger charge is -2.20. The highest BCUT2D eigenvalue weighted by Gasteiger charge is 2.36. The summed E-state index contributed by atoms with van der Waals surface area (Å²) >= 11 is 0. The van der Waals surface area contributed by atoms with E-state index >= 15 is 0 Å². The summed E-state index contributed by atoms with van der Waals surface area (Å²) in [7, 11) is 0. The first-order chi connectivity index (χ1) is 6.84. The van der Waals surface area contributed by atoms with E-state index in [0.29, 0.717) is 11.8 Å². The van der Waals surface area contributed by atoms with Gasteiger partial charge in [-0.2, -0.15) is 0 Å². The molecule has 0 aromatic heterocycles. The summed E-state index contributed by atoms with van der Waals surface area (Å²) in [5.41, 5.74) is 0. The van der Waals surface area contributed by atoms with Crippen molar-refractivity contribution in [3.8, 4) is 0 Å². The van der Waals surface area contributed by atoms with E-state index in [1.165, 1.54) is 12.8 Å². The fourth-order valence-corrected chi connectivity index (χ4v) is 3.10. The molecule has 1 saturated heterocycles. The van der Waals surface area contributed by atoms with Gasteiger partial charge in [0, 0.05) is 14.6 Å². The summed E-state index contributed by atoms with van der Waals surface area (Å²) < 4.78 is 13.7. The van der Waals surface area contributed by atoms with E-state index in [1.807, 2.05) is 0 Å². The molecule has 1 heteroatoms. The van der Waals surface area contributed by atoms with Gasteiger partial charge in [-0.15, -0.1) is 0 Å². The molecule has 0 N–H and O–H groups in total. The van der Waals surface area contributed by atoms with Crippen LogP contribution in [0.15, 0.2) is 12.2 Å².